The Morgan fingerprint density at radius 1 is 1.03 bits per heavy atom. The van der Waals surface area contributed by atoms with E-state index in [9.17, 15) is 9.59 Å². The van der Waals surface area contributed by atoms with E-state index in [0.717, 1.165) is 22.4 Å². The summed E-state index contributed by atoms with van der Waals surface area (Å²) in [6.45, 7) is 5.07. The zero-order valence-electron chi connectivity index (χ0n) is 17.7. The first kappa shape index (κ1) is 20.8. The maximum Gasteiger partial charge on any atom is 0.292 e. The number of hydrogen-bond donors (Lipinski definition) is 1. The van der Waals surface area contributed by atoms with Crippen LogP contribution in [-0.4, -0.2) is 39.9 Å². The van der Waals surface area contributed by atoms with E-state index in [0.29, 0.717) is 25.9 Å². The summed E-state index contributed by atoms with van der Waals surface area (Å²) >= 11 is 0. The van der Waals surface area contributed by atoms with Crippen molar-refractivity contribution in [3.63, 3.8) is 0 Å². The number of pyridine rings is 1. The molecule has 3 heterocycles. The van der Waals surface area contributed by atoms with Gasteiger partial charge in [0.15, 0.2) is 0 Å². The van der Waals surface area contributed by atoms with Crippen molar-refractivity contribution in [2.24, 2.45) is 5.92 Å². The lowest BCUT2D eigenvalue weighted by atomic mass is 9.92. The fourth-order valence-corrected chi connectivity index (χ4v) is 4.09. The smallest absolute Gasteiger partial charge is 0.292 e. The minimum atomic E-state index is -0.316. The summed E-state index contributed by atoms with van der Waals surface area (Å²) in [6.07, 6.45) is 4.42. The molecule has 1 unspecified atom stereocenters. The largest absolute Gasteiger partial charge is 0.351 e. The molecule has 0 spiro atoms. The number of amides is 2. The Kier molecular flexibility index (Phi) is 6.11. The number of nitrogens with zero attached hydrogens (tertiary/aromatic N) is 3. The molecular weight excluding hydrogens is 392 g/mol. The monoisotopic (exact) mass is 418 g/mol. The summed E-state index contributed by atoms with van der Waals surface area (Å²) in [5, 5.41) is 6.83. The van der Waals surface area contributed by atoms with Crippen LogP contribution in [0.1, 0.15) is 51.8 Å². The molecule has 1 fully saturated rings. The van der Waals surface area contributed by atoms with Gasteiger partial charge < -0.3 is 14.7 Å². The highest BCUT2D eigenvalue weighted by atomic mass is 16.5. The number of carbonyl (C=O) groups is 2. The molecule has 1 saturated heterocycles. The maximum absolute atomic E-state index is 13.2. The van der Waals surface area contributed by atoms with Gasteiger partial charge in [-0.05, 0) is 49.4 Å². The van der Waals surface area contributed by atoms with E-state index in [1.165, 1.54) is 6.20 Å². The normalized spacial score (nSPS) is 15.5. The highest BCUT2D eigenvalue weighted by Crippen LogP contribution is 2.27. The Balaban J connectivity index is 1.48. The van der Waals surface area contributed by atoms with E-state index in [1.54, 1.807) is 17.2 Å². The summed E-state index contributed by atoms with van der Waals surface area (Å²) in [7, 11) is 0. The molecule has 0 radical (unpaired) electrons. The average molecular weight is 418 g/mol. The van der Waals surface area contributed by atoms with Crippen LogP contribution < -0.4 is 5.32 Å². The quantitative estimate of drug-likeness (QED) is 0.686. The second kappa shape index (κ2) is 9.12. The number of hydrogen-bond acceptors (Lipinski definition) is 5. The van der Waals surface area contributed by atoms with Crippen LogP contribution in [-0.2, 0) is 4.79 Å². The van der Waals surface area contributed by atoms with Crippen molar-refractivity contribution in [3.8, 4) is 0 Å². The lowest BCUT2D eigenvalue weighted by Gasteiger charge is -2.32. The van der Waals surface area contributed by atoms with Gasteiger partial charge in [0.05, 0.1) is 17.9 Å². The molecule has 0 bridgehead atoms. The topological polar surface area (TPSA) is 88.3 Å². The number of carbonyl (C=O) groups excluding carboxylic acids is 2. The number of aryl methyl sites for hydroxylation is 2. The zero-order valence-corrected chi connectivity index (χ0v) is 17.7. The number of piperidine rings is 1. The zero-order chi connectivity index (χ0) is 21.8. The molecular formula is C24H26N4O3. The first-order chi connectivity index (χ1) is 15.0. The minimum Gasteiger partial charge on any atom is -0.351 e. The van der Waals surface area contributed by atoms with Crippen molar-refractivity contribution >= 4 is 11.8 Å². The van der Waals surface area contributed by atoms with Gasteiger partial charge in [0.1, 0.15) is 0 Å². The lowest BCUT2D eigenvalue weighted by Crippen LogP contribution is -2.44. The number of rotatable bonds is 5. The molecule has 31 heavy (non-hydrogen) atoms. The van der Waals surface area contributed by atoms with E-state index in [4.69, 9.17) is 4.52 Å². The van der Waals surface area contributed by atoms with Crippen LogP contribution in [0.15, 0.2) is 59.4 Å². The van der Waals surface area contributed by atoms with Crippen LogP contribution in [0, 0.1) is 19.8 Å². The van der Waals surface area contributed by atoms with Crippen molar-refractivity contribution in [1.82, 2.24) is 20.4 Å². The van der Waals surface area contributed by atoms with Crippen LogP contribution in [0.25, 0.3) is 0 Å². The maximum atomic E-state index is 13.2. The molecule has 1 aliphatic heterocycles. The van der Waals surface area contributed by atoms with Gasteiger partial charge in [-0.3, -0.25) is 14.6 Å². The summed E-state index contributed by atoms with van der Waals surface area (Å²) in [5.41, 5.74) is 4.02. The molecule has 7 heteroatoms. The first-order valence-corrected chi connectivity index (χ1v) is 10.5. The lowest BCUT2D eigenvalue weighted by molar-refractivity contribution is -0.126. The first-order valence-electron chi connectivity index (χ1n) is 10.5. The molecule has 4 rings (SSSR count). The van der Waals surface area contributed by atoms with Crippen LogP contribution in [0.5, 0.6) is 0 Å². The van der Waals surface area contributed by atoms with Crippen LogP contribution in [0.3, 0.4) is 0 Å². The van der Waals surface area contributed by atoms with Gasteiger partial charge >= 0.3 is 0 Å². The second-order valence-electron chi connectivity index (χ2n) is 7.95. The predicted molar refractivity (Wildman–Crippen MR) is 115 cm³/mol. The van der Waals surface area contributed by atoms with Gasteiger partial charge in [-0.25, -0.2) is 0 Å². The number of nitrogens with one attached hydrogen (secondary N) is 1. The molecule has 2 aromatic heterocycles. The van der Waals surface area contributed by atoms with Crippen molar-refractivity contribution in [1.29, 1.82) is 0 Å². The Morgan fingerprint density at radius 2 is 1.77 bits per heavy atom. The van der Waals surface area contributed by atoms with E-state index >= 15 is 0 Å². The van der Waals surface area contributed by atoms with Gasteiger partial charge in [-0.1, -0.05) is 35.5 Å². The van der Waals surface area contributed by atoms with E-state index in [-0.39, 0.29) is 29.5 Å². The molecule has 1 atom stereocenters. The molecule has 7 nitrogen and oxygen atoms in total. The Bertz CT molecular complexity index is 1010. The van der Waals surface area contributed by atoms with Crippen molar-refractivity contribution in [2.75, 3.05) is 13.1 Å². The van der Waals surface area contributed by atoms with Crippen LogP contribution in [0.4, 0.5) is 0 Å². The van der Waals surface area contributed by atoms with Crippen molar-refractivity contribution in [3.05, 3.63) is 83.0 Å². The molecule has 1 aliphatic rings. The summed E-state index contributed by atoms with van der Waals surface area (Å²) in [5.74, 6) is -0.120. The van der Waals surface area contributed by atoms with Crippen LogP contribution >= 0.6 is 0 Å². The van der Waals surface area contributed by atoms with E-state index in [2.05, 4.69) is 15.5 Å². The summed E-state index contributed by atoms with van der Waals surface area (Å²) in [4.78, 5) is 31.9. The molecule has 0 aliphatic carbocycles. The fraction of sp³-hybridized carbons (Fsp3) is 0.333. The molecule has 2 amide bonds. The standard InChI is InChI=1S/C24H26N4O3/c1-16-6-3-4-8-19(16)22(21-17(2)7-5-12-25-21)27-23(29)18-10-14-28(15-11-18)24(30)20-9-13-26-31-20/h3-9,12-13,18,22H,10-11,14-15H2,1-2H3,(H,27,29). The number of likely N-dealkylation sites (tertiary alicyclic amines) is 1. The average Bonchev–Trinajstić information content (AvgIpc) is 3.33. The Labute approximate surface area is 181 Å². The molecule has 3 aromatic rings. The molecule has 1 N–H and O–H groups in total. The van der Waals surface area contributed by atoms with Crippen molar-refractivity contribution < 1.29 is 14.1 Å². The third-order valence-electron chi connectivity index (χ3n) is 5.91. The molecule has 0 saturated carbocycles. The van der Waals surface area contributed by atoms with Crippen LogP contribution in [0.2, 0.25) is 0 Å². The summed E-state index contributed by atoms with van der Waals surface area (Å²) < 4.78 is 4.97. The molecule has 160 valence electrons. The number of benzene rings is 1. The minimum absolute atomic E-state index is 0.00919. The van der Waals surface area contributed by atoms with E-state index in [1.807, 2.05) is 50.2 Å². The van der Waals surface area contributed by atoms with Crippen molar-refractivity contribution in [2.45, 2.75) is 32.7 Å². The second-order valence-corrected chi connectivity index (χ2v) is 7.95. The third kappa shape index (κ3) is 4.50. The van der Waals surface area contributed by atoms with Gasteiger partial charge in [0.25, 0.3) is 5.91 Å². The number of aromatic nitrogens is 2. The molecule has 1 aromatic carbocycles. The predicted octanol–water partition coefficient (Wildman–Crippen LogP) is 3.44. The third-order valence-corrected chi connectivity index (χ3v) is 5.91. The van der Waals surface area contributed by atoms with E-state index < -0.39 is 0 Å². The van der Waals surface area contributed by atoms with Gasteiger partial charge in [-0.2, -0.15) is 0 Å². The SMILES string of the molecule is Cc1ccccc1C(NC(=O)C1CCN(C(=O)c2ccno2)CC1)c1ncccc1C. The van der Waals surface area contributed by atoms with Gasteiger partial charge in [0.2, 0.25) is 11.7 Å². The Hall–Kier alpha value is -3.48. The summed E-state index contributed by atoms with van der Waals surface area (Å²) in [6, 6.07) is 13.2. The van der Waals surface area contributed by atoms with Gasteiger partial charge in [0, 0.05) is 31.3 Å². The fourth-order valence-electron chi connectivity index (χ4n) is 4.09. The van der Waals surface area contributed by atoms with Gasteiger partial charge in [-0.15, -0.1) is 0 Å². The Morgan fingerprint density at radius 3 is 2.45 bits per heavy atom. The highest BCUT2D eigenvalue weighted by molar-refractivity contribution is 5.91. The highest BCUT2D eigenvalue weighted by Gasteiger charge is 2.31.